The van der Waals surface area contributed by atoms with Gasteiger partial charge >= 0.3 is 0 Å². The Labute approximate surface area is 127 Å². The van der Waals surface area contributed by atoms with Gasteiger partial charge in [-0.15, -0.1) is 0 Å². The average molecular weight is 337 g/mol. The Balaban J connectivity index is 2.20. The van der Waals surface area contributed by atoms with Crippen molar-refractivity contribution in [1.82, 2.24) is 9.97 Å². The number of aromatic nitrogens is 2. The van der Waals surface area contributed by atoms with Gasteiger partial charge in [0.1, 0.15) is 10.5 Å². The average Bonchev–Trinajstić information content (AvgIpc) is 2.41. The van der Waals surface area contributed by atoms with E-state index in [0.717, 1.165) is 28.8 Å². The second kappa shape index (κ2) is 6.44. The van der Waals surface area contributed by atoms with Crippen LogP contribution < -0.4 is 0 Å². The van der Waals surface area contributed by atoms with Crippen molar-refractivity contribution in [3.05, 3.63) is 56.5 Å². The van der Waals surface area contributed by atoms with Gasteiger partial charge < -0.3 is 4.98 Å². The van der Waals surface area contributed by atoms with Gasteiger partial charge in [-0.2, -0.15) is 0 Å². The van der Waals surface area contributed by atoms with Crippen LogP contribution >= 0.6 is 28.1 Å². The van der Waals surface area contributed by atoms with Gasteiger partial charge in [0.25, 0.3) is 0 Å². The molecule has 4 heteroatoms. The van der Waals surface area contributed by atoms with Gasteiger partial charge in [0.15, 0.2) is 0 Å². The molecule has 1 aromatic carbocycles. The van der Waals surface area contributed by atoms with E-state index in [1.807, 2.05) is 6.07 Å². The number of H-pyrrole nitrogens is 1. The van der Waals surface area contributed by atoms with Gasteiger partial charge in [-0.05, 0) is 33.8 Å². The van der Waals surface area contributed by atoms with Gasteiger partial charge in [0.2, 0.25) is 0 Å². The fourth-order valence-corrected chi connectivity index (χ4v) is 2.81. The summed E-state index contributed by atoms with van der Waals surface area (Å²) in [4.78, 5) is 7.84. The molecule has 0 aliphatic carbocycles. The molecule has 2 aromatic rings. The van der Waals surface area contributed by atoms with E-state index in [0.29, 0.717) is 10.6 Å². The first-order valence-corrected chi connectivity index (χ1v) is 7.60. The Morgan fingerprint density at radius 2 is 1.89 bits per heavy atom. The van der Waals surface area contributed by atoms with E-state index in [4.69, 9.17) is 12.2 Å². The number of benzene rings is 1. The summed E-state index contributed by atoms with van der Waals surface area (Å²) in [6.45, 7) is 4.29. The molecule has 0 unspecified atom stereocenters. The lowest BCUT2D eigenvalue weighted by atomic mass is 10.1. The largest absolute Gasteiger partial charge is 0.346 e. The second-order valence-corrected chi connectivity index (χ2v) is 6.04. The molecule has 0 atom stereocenters. The summed E-state index contributed by atoms with van der Waals surface area (Å²) in [6.07, 6.45) is 1.85. The van der Waals surface area contributed by atoms with Crippen molar-refractivity contribution >= 4 is 28.1 Å². The Morgan fingerprint density at radius 3 is 2.53 bits per heavy atom. The molecular formula is C15H17BrN2S. The standard InChI is InChI=1S/C15H17BrN2S/c1-10(2)14-13(16)15(19)18-12(17-14)9-8-11-6-4-3-5-7-11/h3-7,10H,8-9H2,1-2H3,(H,17,18,19). The maximum absolute atomic E-state index is 5.30. The quantitative estimate of drug-likeness (QED) is 0.811. The third-order valence-electron chi connectivity index (χ3n) is 3.01. The van der Waals surface area contributed by atoms with Crippen LogP contribution in [0, 0.1) is 4.64 Å². The van der Waals surface area contributed by atoms with E-state index in [-0.39, 0.29) is 0 Å². The van der Waals surface area contributed by atoms with Crippen LogP contribution in [0.5, 0.6) is 0 Å². The first kappa shape index (κ1) is 14.4. The maximum atomic E-state index is 5.30. The number of aromatic amines is 1. The molecule has 2 rings (SSSR count). The zero-order valence-corrected chi connectivity index (χ0v) is 13.5. The van der Waals surface area contributed by atoms with Crippen molar-refractivity contribution in [2.75, 3.05) is 0 Å². The van der Waals surface area contributed by atoms with Crippen LogP contribution in [-0.2, 0) is 12.8 Å². The topological polar surface area (TPSA) is 28.7 Å². The Hall–Kier alpha value is -1.00. The summed E-state index contributed by atoms with van der Waals surface area (Å²) in [6, 6.07) is 10.4. The van der Waals surface area contributed by atoms with E-state index in [1.165, 1.54) is 5.56 Å². The lowest BCUT2D eigenvalue weighted by Gasteiger charge is -2.11. The van der Waals surface area contributed by atoms with Crippen molar-refractivity contribution in [3.63, 3.8) is 0 Å². The Morgan fingerprint density at radius 1 is 1.21 bits per heavy atom. The molecule has 1 aromatic heterocycles. The molecule has 0 bridgehead atoms. The number of halogens is 1. The molecule has 0 aliphatic rings. The molecule has 100 valence electrons. The maximum Gasteiger partial charge on any atom is 0.144 e. The van der Waals surface area contributed by atoms with Gasteiger partial charge in [-0.25, -0.2) is 4.98 Å². The molecule has 19 heavy (non-hydrogen) atoms. The van der Waals surface area contributed by atoms with Crippen molar-refractivity contribution in [3.8, 4) is 0 Å². The van der Waals surface area contributed by atoms with E-state index in [2.05, 4.69) is 64.0 Å². The van der Waals surface area contributed by atoms with Crippen molar-refractivity contribution < 1.29 is 0 Å². The second-order valence-electron chi connectivity index (χ2n) is 4.86. The first-order chi connectivity index (χ1) is 9.08. The summed E-state index contributed by atoms with van der Waals surface area (Å²) in [5.74, 6) is 1.36. The first-order valence-electron chi connectivity index (χ1n) is 6.40. The zero-order valence-electron chi connectivity index (χ0n) is 11.1. The van der Waals surface area contributed by atoms with Gasteiger partial charge in [0, 0.05) is 12.1 Å². The van der Waals surface area contributed by atoms with Gasteiger partial charge in [-0.1, -0.05) is 56.4 Å². The van der Waals surface area contributed by atoms with Crippen LogP contribution in [0.1, 0.15) is 36.8 Å². The van der Waals surface area contributed by atoms with Crippen LogP contribution in [-0.4, -0.2) is 9.97 Å². The molecule has 0 saturated heterocycles. The summed E-state index contributed by atoms with van der Waals surface area (Å²) in [5.41, 5.74) is 2.45. The number of hydrogen-bond acceptors (Lipinski definition) is 2. The molecule has 2 nitrogen and oxygen atoms in total. The number of rotatable bonds is 4. The summed E-state index contributed by atoms with van der Waals surface area (Å²) in [7, 11) is 0. The van der Waals surface area contributed by atoms with Crippen molar-refractivity contribution in [2.24, 2.45) is 0 Å². The third kappa shape index (κ3) is 3.74. The monoisotopic (exact) mass is 336 g/mol. The van der Waals surface area contributed by atoms with Crippen LogP contribution in [0.3, 0.4) is 0 Å². The van der Waals surface area contributed by atoms with Crippen molar-refractivity contribution in [2.45, 2.75) is 32.6 Å². The smallest absolute Gasteiger partial charge is 0.144 e. The van der Waals surface area contributed by atoms with E-state index >= 15 is 0 Å². The Kier molecular flexibility index (Phi) is 4.88. The molecule has 0 radical (unpaired) electrons. The van der Waals surface area contributed by atoms with E-state index in [1.54, 1.807) is 0 Å². The number of nitrogens with zero attached hydrogens (tertiary/aromatic N) is 1. The third-order valence-corrected chi connectivity index (χ3v) is 4.37. The highest BCUT2D eigenvalue weighted by Crippen LogP contribution is 2.23. The molecule has 0 aliphatic heterocycles. The fourth-order valence-electron chi connectivity index (χ4n) is 1.95. The SMILES string of the molecule is CC(C)c1[nH]c(CCc2ccccc2)nc(=S)c1Br. The summed E-state index contributed by atoms with van der Waals surface area (Å²) in [5, 5.41) is 0. The molecule has 0 amide bonds. The predicted octanol–water partition coefficient (Wildman–Crippen LogP) is 4.81. The molecule has 0 fully saturated rings. The Bertz CT molecular complexity index is 605. The molecule has 1 heterocycles. The minimum atomic E-state index is 0.398. The number of hydrogen-bond donors (Lipinski definition) is 1. The normalized spacial score (nSPS) is 10.9. The fraction of sp³-hybridized carbons (Fsp3) is 0.333. The predicted molar refractivity (Wildman–Crippen MR) is 85.1 cm³/mol. The molecule has 1 N–H and O–H groups in total. The highest BCUT2D eigenvalue weighted by atomic mass is 79.9. The van der Waals surface area contributed by atoms with E-state index in [9.17, 15) is 0 Å². The minimum Gasteiger partial charge on any atom is -0.346 e. The summed E-state index contributed by atoms with van der Waals surface area (Å²) < 4.78 is 1.56. The zero-order chi connectivity index (χ0) is 13.8. The minimum absolute atomic E-state index is 0.398. The van der Waals surface area contributed by atoms with Crippen molar-refractivity contribution in [1.29, 1.82) is 0 Å². The lowest BCUT2D eigenvalue weighted by Crippen LogP contribution is -2.04. The number of aryl methyl sites for hydroxylation is 2. The van der Waals surface area contributed by atoms with E-state index < -0.39 is 0 Å². The summed E-state index contributed by atoms with van der Waals surface area (Å²) >= 11 is 8.81. The highest BCUT2D eigenvalue weighted by Gasteiger charge is 2.09. The molecule has 0 saturated carbocycles. The van der Waals surface area contributed by atoms with Crippen LogP contribution in [0.15, 0.2) is 34.8 Å². The highest BCUT2D eigenvalue weighted by molar-refractivity contribution is 9.10. The molecule has 0 spiro atoms. The van der Waals surface area contributed by atoms with Crippen LogP contribution in [0.25, 0.3) is 0 Å². The molecular weight excluding hydrogens is 320 g/mol. The lowest BCUT2D eigenvalue weighted by molar-refractivity contribution is 0.760. The van der Waals surface area contributed by atoms with Gasteiger partial charge in [0.05, 0.1) is 4.47 Å². The van der Waals surface area contributed by atoms with Crippen LogP contribution in [0.2, 0.25) is 0 Å². The van der Waals surface area contributed by atoms with Gasteiger partial charge in [-0.3, -0.25) is 0 Å². The number of nitrogens with one attached hydrogen (secondary N) is 1. The van der Waals surface area contributed by atoms with Crippen LogP contribution in [0.4, 0.5) is 0 Å².